The number of carboxylic acids is 1. The summed E-state index contributed by atoms with van der Waals surface area (Å²) in [5, 5.41) is 12.3. The molecule has 1 unspecified atom stereocenters. The number of amides is 2. The standard InChI is InChI=1S/C15H19ClN2O3/c1-18(9-10-3-2-4-12(16)7-10)15(21)17-13(8-14(19)20)11-5-6-11/h2-4,7,11,13H,5-6,8-9H2,1H3,(H,17,21)(H,19,20). The number of nitrogens with one attached hydrogen (secondary N) is 1. The maximum atomic E-state index is 12.1. The Morgan fingerprint density at radius 2 is 2.19 bits per heavy atom. The van der Waals surface area contributed by atoms with Crippen molar-refractivity contribution in [3.05, 3.63) is 34.9 Å². The molecular weight excluding hydrogens is 292 g/mol. The van der Waals surface area contributed by atoms with Gasteiger partial charge in [0.1, 0.15) is 0 Å². The van der Waals surface area contributed by atoms with Crippen molar-refractivity contribution in [2.45, 2.75) is 31.8 Å². The van der Waals surface area contributed by atoms with Gasteiger partial charge in [0.25, 0.3) is 0 Å². The third kappa shape index (κ3) is 4.93. The van der Waals surface area contributed by atoms with E-state index in [-0.39, 0.29) is 18.5 Å². The van der Waals surface area contributed by atoms with E-state index in [1.807, 2.05) is 12.1 Å². The third-order valence-electron chi connectivity index (χ3n) is 3.55. The first-order valence-electron chi connectivity index (χ1n) is 6.93. The van der Waals surface area contributed by atoms with Crippen LogP contribution in [0.25, 0.3) is 0 Å². The van der Waals surface area contributed by atoms with Crippen LogP contribution in [0, 0.1) is 5.92 Å². The van der Waals surface area contributed by atoms with Crippen LogP contribution in [0.5, 0.6) is 0 Å². The van der Waals surface area contributed by atoms with E-state index in [1.165, 1.54) is 4.90 Å². The van der Waals surface area contributed by atoms with Crippen LogP contribution >= 0.6 is 11.6 Å². The first kappa shape index (κ1) is 15.6. The first-order chi connectivity index (χ1) is 9.95. The van der Waals surface area contributed by atoms with Gasteiger partial charge in [-0.05, 0) is 36.5 Å². The number of hydrogen-bond acceptors (Lipinski definition) is 2. The number of carbonyl (C=O) groups excluding carboxylic acids is 1. The van der Waals surface area contributed by atoms with E-state index in [9.17, 15) is 9.59 Å². The average molecular weight is 311 g/mol. The van der Waals surface area contributed by atoms with Crippen LogP contribution in [-0.2, 0) is 11.3 Å². The molecule has 1 fully saturated rings. The Balaban J connectivity index is 1.90. The molecule has 6 heteroatoms. The number of urea groups is 1. The minimum absolute atomic E-state index is 0.0264. The zero-order valence-corrected chi connectivity index (χ0v) is 12.6. The van der Waals surface area contributed by atoms with Crippen LogP contribution in [0.15, 0.2) is 24.3 Å². The lowest BCUT2D eigenvalue weighted by Gasteiger charge is -2.22. The highest BCUT2D eigenvalue weighted by Gasteiger charge is 2.34. The maximum Gasteiger partial charge on any atom is 0.317 e. The van der Waals surface area contributed by atoms with Gasteiger partial charge in [-0.25, -0.2) is 4.79 Å². The van der Waals surface area contributed by atoms with Crippen LogP contribution in [0.2, 0.25) is 5.02 Å². The highest BCUT2D eigenvalue weighted by Crippen LogP contribution is 2.34. The Labute approximate surface area is 128 Å². The largest absolute Gasteiger partial charge is 0.481 e. The number of rotatable bonds is 6. The molecule has 21 heavy (non-hydrogen) atoms. The van der Waals surface area contributed by atoms with Gasteiger partial charge in [0, 0.05) is 24.7 Å². The number of hydrogen-bond donors (Lipinski definition) is 2. The Morgan fingerprint density at radius 3 is 2.76 bits per heavy atom. The van der Waals surface area contributed by atoms with Gasteiger partial charge in [0.15, 0.2) is 0 Å². The smallest absolute Gasteiger partial charge is 0.317 e. The lowest BCUT2D eigenvalue weighted by Crippen LogP contribution is -2.44. The summed E-state index contributed by atoms with van der Waals surface area (Å²) in [6.45, 7) is 0.427. The summed E-state index contributed by atoms with van der Waals surface area (Å²) in [5.41, 5.74) is 0.932. The molecule has 0 radical (unpaired) electrons. The topological polar surface area (TPSA) is 69.6 Å². The summed E-state index contributed by atoms with van der Waals surface area (Å²) in [6, 6.07) is 6.78. The molecule has 0 aromatic heterocycles. The van der Waals surface area contributed by atoms with Crippen molar-refractivity contribution in [2.75, 3.05) is 7.05 Å². The van der Waals surface area contributed by atoms with Gasteiger partial charge in [0.05, 0.1) is 6.42 Å². The minimum Gasteiger partial charge on any atom is -0.481 e. The van der Waals surface area contributed by atoms with Crippen molar-refractivity contribution in [1.82, 2.24) is 10.2 Å². The Kier molecular flexibility index (Phi) is 5.07. The normalized spacial score (nSPS) is 15.3. The van der Waals surface area contributed by atoms with E-state index in [0.29, 0.717) is 17.5 Å². The molecule has 1 atom stereocenters. The number of aliphatic carboxylic acids is 1. The molecule has 114 valence electrons. The summed E-state index contributed by atoms with van der Waals surface area (Å²) in [5.74, 6) is -0.589. The van der Waals surface area contributed by atoms with Gasteiger partial charge in [-0.1, -0.05) is 23.7 Å². The Hall–Kier alpha value is -1.75. The van der Waals surface area contributed by atoms with E-state index in [0.717, 1.165) is 18.4 Å². The molecule has 2 N–H and O–H groups in total. The van der Waals surface area contributed by atoms with Crippen molar-refractivity contribution < 1.29 is 14.7 Å². The fourth-order valence-electron chi connectivity index (χ4n) is 2.27. The van der Waals surface area contributed by atoms with Gasteiger partial charge >= 0.3 is 12.0 Å². The number of carbonyl (C=O) groups is 2. The predicted molar refractivity (Wildman–Crippen MR) is 80.2 cm³/mol. The second-order valence-corrected chi connectivity index (χ2v) is 5.91. The summed E-state index contributed by atoms with van der Waals surface area (Å²) < 4.78 is 0. The van der Waals surface area contributed by atoms with Gasteiger partial charge < -0.3 is 15.3 Å². The lowest BCUT2D eigenvalue weighted by molar-refractivity contribution is -0.137. The zero-order chi connectivity index (χ0) is 15.4. The third-order valence-corrected chi connectivity index (χ3v) is 3.79. The molecule has 1 aromatic carbocycles. The second-order valence-electron chi connectivity index (χ2n) is 5.48. The second kappa shape index (κ2) is 6.80. The average Bonchev–Trinajstić information content (AvgIpc) is 3.21. The quantitative estimate of drug-likeness (QED) is 0.849. The fraction of sp³-hybridized carbons (Fsp3) is 0.467. The minimum atomic E-state index is -0.885. The van der Waals surface area contributed by atoms with Crippen LogP contribution in [-0.4, -0.2) is 35.1 Å². The summed E-state index contributed by atoms with van der Waals surface area (Å²) >= 11 is 5.91. The van der Waals surface area contributed by atoms with Crippen molar-refractivity contribution in [2.24, 2.45) is 5.92 Å². The lowest BCUT2D eigenvalue weighted by atomic mass is 10.1. The van der Waals surface area contributed by atoms with E-state index in [4.69, 9.17) is 16.7 Å². The molecule has 0 saturated heterocycles. The van der Waals surface area contributed by atoms with Gasteiger partial charge in [-0.15, -0.1) is 0 Å². The van der Waals surface area contributed by atoms with E-state index in [1.54, 1.807) is 19.2 Å². The molecule has 1 aliphatic carbocycles. The summed E-state index contributed by atoms with van der Waals surface area (Å²) in [4.78, 5) is 24.5. The van der Waals surface area contributed by atoms with Gasteiger partial charge in [-0.2, -0.15) is 0 Å². The van der Waals surface area contributed by atoms with Gasteiger partial charge in [-0.3, -0.25) is 4.79 Å². The number of halogens is 1. The van der Waals surface area contributed by atoms with E-state index in [2.05, 4.69) is 5.32 Å². The summed E-state index contributed by atoms with van der Waals surface area (Å²) in [6.07, 6.45) is 1.94. The first-order valence-corrected chi connectivity index (χ1v) is 7.31. The Bertz CT molecular complexity index is 531. The molecular formula is C15H19ClN2O3. The number of nitrogens with zero attached hydrogens (tertiary/aromatic N) is 1. The highest BCUT2D eigenvalue weighted by atomic mass is 35.5. The SMILES string of the molecule is CN(Cc1cccc(Cl)c1)C(=O)NC(CC(=O)O)C1CC1. The molecule has 1 saturated carbocycles. The molecule has 2 rings (SSSR count). The monoisotopic (exact) mass is 310 g/mol. The molecule has 1 aromatic rings. The molecule has 5 nitrogen and oxygen atoms in total. The number of carboxylic acid groups (broad SMARTS) is 1. The molecule has 0 bridgehead atoms. The molecule has 1 aliphatic rings. The van der Waals surface area contributed by atoms with Crippen molar-refractivity contribution in [3.63, 3.8) is 0 Å². The van der Waals surface area contributed by atoms with E-state index < -0.39 is 5.97 Å². The van der Waals surface area contributed by atoms with Crippen LogP contribution in [0.3, 0.4) is 0 Å². The van der Waals surface area contributed by atoms with Crippen LogP contribution in [0.4, 0.5) is 4.79 Å². The van der Waals surface area contributed by atoms with Crippen molar-refractivity contribution >= 4 is 23.6 Å². The maximum absolute atomic E-state index is 12.1. The molecule has 2 amide bonds. The number of benzene rings is 1. The molecule has 0 aliphatic heterocycles. The highest BCUT2D eigenvalue weighted by molar-refractivity contribution is 6.30. The van der Waals surface area contributed by atoms with Crippen molar-refractivity contribution in [1.29, 1.82) is 0 Å². The molecule has 0 heterocycles. The predicted octanol–water partition coefficient (Wildman–Crippen LogP) is 2.73. The zero-order valence-electron chi connectivity index (χ0n) is 11.9. The van der Waals surface area contributed by atoms with Gasteiger partial charge in [0.2, 0.25) is 0 Å². The van der Waals surface area contributed by atoms with Crippen LogP contribution < -0.4 is 5.32 Å². The molecule has 0 spiro atoms. The van der Waals surface area contributed by atoms with Crippen molar-refractivity contribution in [3.8, 4) is 0 Å². The van der Waals surface area contributed by atoms with Crippen LogP contribution in [0.1, 0.15) is 24.8 Å². The Morgan fingerprint density at radius 1 is 1.48 bits per heavy atom. The fourth-order valence-corrected chi connectivity index (χ4v) is 2.48. The van der Waals surface area contributed by atoms with E-state index >= 15 is 0 Å². The summed E-state index contributed by atoms with van der Waals surface area (Å²) in [7, 11) is 1.68.